The number of hydrogen-bond acceptors (Lipinski definition) is 4. The first-order chi connectivity index (χ1) is 9.47. The second kappa shape index (κ2) is 4.15. The Morgan fingerprint density at radius 3 is 2.55 bits per heavy atom. The van der Waals surface area contributed by atoms with Gasteiger partial charge in [-0.3, -0.25) is 4.98 Å². The van der Waals surface area contributed by atoms with Gasteiger partial charge in [-0.1, -0.05) is 0 Å². The summed E-state index contributed by atoms with van der Waals surface area (Å²) in [6.45, 7) is 6.36. The molecule has 2 aliphatic heterocycles. The predicted molar refractivity (Wildman–Crippen MR) is 74.0 cm³/mol. The van der Waals surface area contributed by atoms with Gasteiger partial charge in [0.1, 0.15) is 0 Å². The van der Waals surface area contributed by atoms with Crippen LogP contribution in [0, 0.1) is 12.3 Å². The maximum Gasteiger partial charge on any atom is 0.257 e. The topological polar surface area (TPSA) is 28.2 Å². The summed E-state index contributed by atoms with van der Waals surface area (Å²) in [5.74, 6) is -3.19. The number of aryl methyl sites for hydroxylation is 1. The van der Waals surface area contributed by atoms with Crippen molar-refractivity contribution in [3.63, 3.8) is 0 Å². The van der Waals surface area contributed by atoms with Crippen LogP contribution in [0.4, 0.5) is 8.78 Å². The molecule has 1 saturated carbocycles. The SMILES string of the molecule is Cc1nc(C2CC2(F)F)ccc1SN1CC2(CNC2)C1. The van der Waals surface area contributed by atoms with E-state index in [1.165, 1.54) is 0 Å². The van der Waals surface area contributed by atoms with E-state index in [4.69, 9.17) is 0 Å². The third-order valence-electron chi connectivity index (χ3n) is 4.49. The summed E-state index contributed by atoms with van der Waals surface area (Å²) >= 11 is 1.70. The van der Waals surface area contributed by atoms with Crippen LogP contribution in [-0.2, 0) is 0 Å². The zero-order valence-corrected chi connectivity index (χ0v) is 12.1. The van der Waals surface area contributed by atoms with Crippen LogP contribution in [0.5, 0.6) is 0 Å². The predicted octanol–water partition coefficient (Wildman–Crippen LogP) is 2.42. The van der Waals surface area contributed by atoms with Crippen LogP contribution < -0.4 is 5.32 Å². The number of rotatable bonds is 3. The Labute approximate surface area is 121 Å². The van der Waals surface area contributed by atoms with Gasteiger partial charge in [-0.25, -0.2) is 13.1 Å². The highest BCUT2D eigenvalue weighted by molar-refractivity contribution is 7.97. The fraction of sp³-hybridized carbons (Fsp3) is 0.643. The van der Waals surface area contributed by atoms with Crippen molar-refractivity contribution in [1.82, 2.24) is 14.6 Å². The quantitative estimate of drug-likeness (QED) is 0.867. The summed E-state index contributed by atoms with van der Waals surface area (Å²) < 4.78 is 28.4. The summed E-state index contributed by atoms with van der Waals surface area (Å²) in [5.41, 5.74) is 1.91. The minimum Gasteiger partial charge on any atom is -0.315 e. The van der Waals surface area contributed by atoms with Crippen LogP contribution in [0.25, 0.3) is 0 Å². The zero-order valence-electron chi connectivity index (χ0n) is 11.3. The van der Waals surface area contributed by atoms with Gasteiger partial charge in [0, 0.05) is 42.9 Å². The molecule has 2 saturated heterocycles. The monoisotopic (exact) mass is 297 g/mol. The van der Waals surface area contributed by atoms with Gasteiger partial charge in [-0.05, 0) is 31.0 Å². The number of alkyl halides is 2. The molecular weight excluding hydrogens is 280 g/mol. The molecule has 0 aromatic carbocycles. The van der Waals surface area contributed by atoms with E-state index < -0.39 is 11.8 Å². The van der Waals surface area contributed by atoms with Crippen LogP contribution in [0.15, 0.2) is 17.0 Å². The van der Waals surface area contributed by atoms with E-state index in [0.29, 0.717) is 11.1 Å². The van der Waals surface area contributed by atoms with Gasteiger partial charge < -0.3 is 5.32 Å². The Morgan fingerprint density at radius 1 is 1.35 bits per heavy atom. The van der Waals surface area contributed by atoms with Gasteiger partial charge >= 0.3 is 0 Å². The second-order valence-corrected chi connectivity index (χ2v) is 7.47. The van der Waals surface area contributed by atoms with Gasteiger partial charge in [0.15, 0.2) is 0 Å². The van der Waals surface area contributed by atoms with E-state index in [1.807, 2.05) is 13.0 Å². The number of halogens is 2. The van der Waals surface area contributed by atoms with Crippen LogP contribution in [0.1, 0.15) is 23.7 Å². The molecule has 0 radical (unpaired) electrons. The highest BCUT2D eigenvalue weighted by Crippen LogP contribution is 2.55. The largest absolute Gasteiger partial charge is 0.315 e. The minimum atomic E-state index is -2.53. The summed E-state index contributed by atoms with van der Waals surface area (Å²) in [7, 11) is 0. The smallest absolute Gasteiger partial charge is 0.257 e. The molecule has 0 amide bonds. The van der Waals surface area contributed by atoms with Crippen molar-refractivity contribution < 1.29 is 8.78 Å². The number of nitrogens with one attached hydrogen (secondary N) is 1. The van der Waals surface area contributed by atoms with E-state index in [-0.39, 0.29) is 6.42 Å². The van der Waals surface area contributed by atoms with E-state index >= 15 is 0 Å². The molecule has 1 spiro atoms. The first-order valence-electron chi connectivity index (χ1n) is 6.97. The van der Waals surface area contributed by atoms with Gasteiger partial charge in [0.25, 0.3) is 5.92 Å². The standard InChI is InChI=1S/C14H17F2N3S/c1-9-12(20-19-7-13(8-19)5-17-6-13)3-2-11(18-9)10-4-14(10,15)16/h2-3,10,17H,4-8H2,1H3. The van der Waals surface area contributed by atoms with E-state index in [0.717, 1.165) is 36.8 Å². The molecule has 1 N–H and O–H groups in total. The molecule has 20 heavy (non-hydrogen) atoms. The molecule has 3 heterocycles. The lowest BCUT2D eigenvalue weighted by atomic mass is 9.76. The Bertz CT molecular complexity index is 551. The summed E-state index contributed by atoms with van der Waals surface area (Å²) in [5, 5.41) is 3.31. The first-order valence-corrected chi connectivity index (χ1v) is 7.74. The molecule has 1 aliphatic carbocycles. The second-order valence-electron chi connectivity index (χ2n) is 6.33. The maximum atomic E-state index is 13.1. The lowest BCUT2D eigenvalue weighted by Gasteiger charge is -2.55. The number of hydrogen-bond donors (Lipinski definition) is 1. The van der Waals surface area contributed by atoms with Crippen LogP contribution in [0.2, 0.25) is 0 Å². The van der Waals surface area contributed by atoms with Gasteiger partial charge in [0.2, 0.25) is 0 Å². The van der Waals surface area contributed by atoms with Crippen molar-refractivity contribution in [2.75, 3.05) is 26.2 Å². The van der Waals surface area contributed by atoms with Crippen LogP contribution >= 0.6 is 11.9 Å². The van der Waals surface area contributed by atoms with Gasteiger partial charge in [0.05, 0.1) is 17.3 Å². The number of pyridine rings is 1. The van der Waals surface area contributed by atoms with Crippen molar-refractivity contribution in [3.8, 4) is 0 Å². The normalized spacial score (nSPS) is 29.9. The highest BCUT2D eigenvalue weighted by atomic mass is 32.2. The number of nitrogens with zero attached hydrogens (tertiary/aromatic N) is 2. The Kier molecular flexibility index (Phi) is 2.69. The minimum absolute atomic E-state index is 0.0480. The molecule has 3 aliphatic rings. The zero-order chi connectivity index (χ0) is 14.0. The third kappa shape index (κ3) is 2.05. The fourth-order valence-corrected chi connectivity index (χ4v) is 4.26. The summed E-state index contributed by atoms with van der Waals surface area (Å²) in [6.07, 6.45) is -0.0480. The molecule has 6 heteroatoms. The Morgan fingerprint density at radius 2 is 2.05 bits per heavy atom. The molecule has 1 aromatic rings. The molecule has 3 nitrogen and oxygen atoms in total. The maximum absolute atomic E-state index is 13.1. The lowest BCUT2D eigenvalue weighted by Crippen LogP contribution is -2.69. The van der Waals surface area contributed by atoms with Crippen molar-refractivity contribution in [1.29, 1.82) is 0 Å². The molecule has 1 unspecified atom stereocenters. The van der Waals surface area contributed by atoms with E-state index in [1.54, 1.807) is 18.0 Å². The van der Waals surface area contributed by atoms with Gasteiger partial charge in [-0.2, -0.15) is 0 Å². The van der Waals surface area contributed by atoms with Crippen molar-refractivity contribution in [2.24, 2.45) is 5.41 Å². The van der Waals surface area contributed by atoms with Crippen molar-refractivity contribution in [2.45, 2.75) is 30.1 Å². The average molecular weight is 297 g/mol. The first kappa shape index (κ1) is 13.0. The molecule has 1 atom stereocenters. The lowest BCUT2D eigenvalue weighted by molar-refractivity contribution is 0.0235. The van der Waals surface area contributed by atoms with E-state index in [2.05, 4.69) is 14.6 Å². The molecule has 3 fully saturated rings. The molecule has 4 rings (SSSR count). The summed E-state index contributed by atoms with van der Waals surface area (Å²) in [4.78, 5) is 5.46. The molecule has 108 valence electrons. The Balaban J connectivity index is 1.42. The molecule has 0 bridgehead atoms. The van der Waals surface area contributed by atoms with Crippen molar-refractivity contribution >= 4 is 11.9 Å². The average Bonchev–Trinajstić information content (AvgIpc) is 2.91. The summed E-state index contributed by atoms with van der Waals surface area (Å²) in [6, 6.07) is 3.71. The Hall–Kier alpha value is -0.720. The van der Waals surface area contributed by atoms with Crippen LogP contribution in [-0.4, -0.2) is 41.4 Å². The van der Waals surface area contributed by atoms with Crippen LogP contribution in [0.3, 0.4) is 0 Å². The van der Waals surface area contributed by atoms with E-state index in [9.17, 15) is 8.78 Å². The number of aromatic nitrogens is 1. The third-order valence-corrected chi connectivity index (χ3v) is 5.64. The molecular formula is C14H17F2N3S. The molecule has 1 aromatic heterocycles. The fourth-order valence-electron chi connectivity index (χ4n) is 3.00. The van der Waals surface area contributed by atoms with Crippen molar-refractivity contribution in [3.05, 3.63) is 23.5 Å². The van der Waals surface area contributed by atoms with Gasteiger partial charge in [-0.15, -0.1) is 0 Å². The highest BCUT2D eigenvalue weighted by Gasteiger charge is 2.58.